The highest BCUT2D eigenvalue weighted by Gasteiger charge is 2.81. The molecule has 0 saturated carbocycles. The predicted molar refractivity (Wildman–Crippen MR) is 83.0 cm³/mol. The molecule has 24 heavy (non-hydrogen) atoms. The molecule has 1 aromatic rings. The Labute approximate surface area is 140 Å². The first-order chi connectivity index (χ1) is 11.7. The van der Waals surface area contributed by atoms with Gasteiger partial charge in [-0.25, -0.2) is 4.79 Å². The van der Waals surface area contributed by atoms with Crippen molar-refractivity contribution in [1.29, 1.82) is 0 Å². The summed E-state index contributed by atoms with van der Waals surface area (Å²) in [6.45, 7) is 3.29. The number of carbonyl (C=O) groups is 1. The van der Waals surface area contributed by atoms with E-state index < -0.39 is 17.8 Å². The van der Waals surface area contributed by atoms with Crippen molar-refractivity contribution >= 4 is 5.97 Å². The molecule has 5 rings (SSSR count). The number of para-hydroxylation sites is 1. The molecule has 0 radical (unpaired) electrons. The number of hydrogen-bond acceptors (Lipinski definition) is 6. The van der Waals surface area contributed by atoms with E-state index in [0.717, 1.165) is 25.0 Å². The van der Waals surface area contributed by atoms with Gasteiger partial charge in [0, 0.05) is 6.42 Å². The summed E-state index contributed by atoms with van der Waals surface area (Å²) < 4.78 is 17.6. The molecule has 0 unspecified atom stereocenters. The summed E-state index contributed by atoms with van der Waals surface area (Å²) in [6.07, 6.45) is 1.57. The van der Waals surface area contributed by atoms with Crippen LogP contribution >= 0.6 is 0 Å². The van der Waals surface area contributed by atoms with Gasteiger partial charge in [0.25, 0.3) is 0 Å². The smallest absolute Gasteiger partial charge is 0.340 e. The Kier molecular flexibility index (Phi) is 3.02. The molecule has 1 spiro atoms. The maximum absolute atomic E-state index is 12.2. The lowest BCUT2D eigenvalue weighted by atomic mass is 9.65. The third kappa shape index (κ3) is 1.64. The first-order valence-electron chi connectivity index (χ1n) is 8.68. The van der Waals surface area contributed by atoms with Crippen LogP contribution in [0.25, 0.3) is 0 Å². The number of carbonyl (C=O) groups excluding carboxylic acids is 1. The highest BCUT2D eigenvalue weighted by Crippen LogP contribution is 2.64. The summed E-state index contributed by atoms with van der Waals surface area (Å²) in [5.74, 6) is 0.567. The summed E-state index contributed by atoms with van der Waals surface area (Å²) in [7, 11) is 0. The van der Waals surface area contributed by atoms with Gasteiger partial charge in [-0.15, -0.1) is 0 Å². The van der Waals surface area contributed by atoms with E-state index in [1.54, 1.807) is 0 Å². The fourth-order valence-electron chi connectivity index (χ4n) is 5.13. The molecule has 0 amide bonds. The van der Waals surface area contributed by atoms with Gasteiger partial charge >= 0.3 is 5.97 Å². The standard InChI is InChI=1S/C18H21NO5/c1-2-8-18-14-15(20)23-16(18)21-11-17(18)9-13(10-19(17)24-14)22-12-6-4-3-5-7-12/h3-7,13-14,16H,2,8-11H2,1H3/t13-,14+,16-,17-,18+/m0/s1. The number of nitrogens with zero attached hydrogens (tertiary/aromatic N) is 1. The topological polar surface area (TPSA) is 57.2 Å². The van der Waals surface area contributed by atoms with Crippen LogP contribution in [0.3, 0.4) is 0 Å². The SMILES string of the molecule is CCC[C@@]12[C@H]3OC[C@@]14C[C@H](Oc1ccccc1)CN4O[C@@H]2C(=O)O3. The average Bonchev–Trinajstić information content (AvgIpc) is 3.22. The second-order valence-corrected chi connectivity index (χ2v) is 7.21. The van der Waals surface area contributed by atoms with E-state index in [4.69, 9.17) is 19.0 Å². The average molecular weight is 331 g/mol. The minimum atomic E-state index is -0.539. The van der Waals surface area contributed by atoms with Crippen LogP contribution in [0.4, 0.5) is 0 Å². The van der Waals surface area contributed by atoms with Crippen molar-refractivity contribution in [3.8, 4) is 5.75 Å². The summed E-state index contributed by atoms with van der Waals surface area (Å²) >= 11 is 0. The van der Waals surface area contributed by atoms with Gasteiger partial charge in [-0.1, -0.05) is 31.5 Å². The summed E-state index contributed by atoms with van der Waals surface area (Å²) in [5, 5.41) is 1.96. The number of rotatable bonds is 4. The van der Waals surface area contributed by atoms with E-state index in [0.29, 0.717) is 13.2 Å². The summed E-state index contributed by atoms with van der Waals surface area (Å²) in [5.41, 5.74) is -0.739. The minimum absolute atomic E-state index is 0.0140. The van der Waals surface area contributed by atoms with E-state index in [1.165, 1.54) is 0 Å². The molecule has 4 aliphatic rings. The molecule has 4 saturated heterocycles. The zero-order valence-electron chi connectivity index (χ0n) is 13.6. The Hall–Kier alpha value is -1.63. The van der Waals surface area contributed by atoms with Crippen molar-refractivity contribution in [2.24, 2.45) is 5.41 Å². The summed E-state index contributed by atoms with van der Waals surface area (Å²) in [6, 6.07) is 9.82. The number of hydrogen-bond donors (Lipinski definition) is 0. The van der Waals surface area contributed by atoms with Crippen LogP contribution in [0.2, 0.25) is 0 Å². The van der Waals surface area contributed by atoms with E-state index >= 15 is 0 Å². The van der Waals surface area contributed by atoms with E-state index in [9.17, 15) is 4.79 Å². The molecular formula is C18H21NO5. The van der Waals surface area contributed by atoms with Crippen molar-refractivity contribution in [3.05, 3.63) is 30.3 Å². The minimum Gasteiger partial charge on any atom is -0.489 e. The molecule has 4 fully saturated rings. The van der Waals surface area contributed by atoms with Gasteiger partial charge in [0.05, 0.1) is 24.1 Å². The van der Waals surface area contributed by atoms with Crippen LogP contribution in [0.15, 0.2) is 30.3 Å². The maximum atomic E-state index is 12.2. The molecule has 0 aliphatic carbocycles. The monoisotopic (exact) mass is 331 g/mol. The molecule has 0 aromatic heterocycles. The Balaban J connectivity index is 1.47. The van der Waals surface area contributed by atoms with Crippen molar-refractivity contribution in [2.45, 2.75) is 50.2 Å². The quantitative estimate of drug-likeness (QED) is 0.786. The number of benzene rings is 1. The fraction of sp³-hybridized carbons (Fsp3) is 0.611. The van der Waals surface area contributed by atoms with Gasteiger partial charge in [0.2, 0.25) is 6.29 Å². The first kappa shape index (κ1) is 14.7. The lowest BCUT2D eigenvalue weighted by Gasteiger charge is -2.36. The zero-order chi connectivity index (χ0) is 16.4. The van der Waals surface area contributed by atoms with E-state index in [2.05, 4.69) is 6.92 Å². The number of esters is 1. The Morgan fingerprint density at radius 2 is 2.17 bits per heavy atom. The lowest BCUT2D eigenvalue weighted by molar-refractivity contribution is -0.188. The molecule has 4 aliphatic heterocycles. The lowest BCUT2D eigenvalue weighted by Crippen LogP contribution is -2.52. The van der Waals surface area contributed by atoms with Crippen LogP contribution < -0.4 is 4.74 Å². The number of ether oxygens (including phenoxy) is 3. The molecule has 1 aromatic carbocycles. The van der Waals surface area contributed by atoms with Gasteiger partial charge in [0.15, 0.2) is 6.10 Å². The third-order valence-electron chi connectivity index (χ3n) is 6.02. The molecular weight excluding hydrogens is 310 g/mol. The van der Waals surface area contributed by atoms with Crippen LogP contribution in [0, 0.1) is 5.41 Å². The Morgan fingerprint density at radius 1 is 1.33 bits per heavy atom. The highest BCUT2D eigenvalue weighted by atomic mass is 16.8. The molecule has 0 bridgehead atoms. The zero-order valence-corrected chi connectivity index (χ0v) is 13.6. The third-order valence-corrected chi connectivity index (χ3v) is 6.02. The predicted octanol–water partition coefficient (Wildman–Crippen LogP) is 1.89. The van der Waals surface area contributed by atoms with Gasteiger partial charge in [-0.3, -0.25) is 4.84 Å². The maximum Gasteiger partial charge on any atom is 0.340 e. The van der Waals surface area contributed by atoms with Gasteiger partial charge < -0.3 is 14.2 Å². The number of hydroxylamine groups is 2. The Morgan fingerprint density at radius 3 is 2.96 bits per heavy atom. The molecule has 6 heteroatoms. The molecule has 5 atom stereocenters. The van der Waals surface area contributed by atoms with Crippen molar-refractivity contribution in [3.63, 3.8) is 0 Å². The van der Waals surface area contributed by atoms with Gasteiger partial charge in [-0.2, -0.15) is 5.06 Å². The largest absolute Gasteiger partial charge is 0.489 e. The van der Waals surface area contributed by atoms with E-state index in [-0.39, 0.29) is 17.6 Å². The van der Waals surface area contributed by atoms with Crippen molar-refractivity contribution < 1.29 is 23.8 Å². The Bertz CT molecular complexity index is 667. The molecule has 128 valence electrons. The van der Waals surface area contributed by atoms with Crippen LogP contribution in [-0.2, 0) is 19.1 Å². The molecule has 4 heterocycles. The second-order valence-electron chi connectivity index (χ2n) is 7.21. The van der Waals surface area contributed by atoms with Crippen LogP contribution in [0.5, 0.6) is 5.75 Å². The van der Waals surface area contributed by atoms with E-state index in [1.807, 2.05) is 35.4 Å². The van der Waals surface area contributed by atoms with Crippen LogP contribution in [0.1, 0.15) is 26.2 Å². The molecule has 6 nitrogen and oxygen atoms in total. The normalized spacial score (nSPS) is 42.9. The highest BCUT2D eigenvalue weighted by molar-refractivity contribution is 5.80. The van der Waals surface area contributed by atoms with Gasteiger partial charge in [0.1, 0.15) is 11.9 Å². The second kappa shape index (κ2) is 4.94. The van der Waals surface area contributed by atoms with Gasteiger partial charge in [-0.05, 0) is 18.6 Å². The van der Waals surface area contributed by atoms with Crippen molar-refractivity contribution in [2.75, 3.05) is 13.2 Å². The first-order valence-corrected chi connectivity index (χ1v) is 8.68. The van der Waals surface area contributed by atoms with Crippen molar-refractivity contribution in [1.82, 2.24) is 5.06 Å². The molecule has 0 N–H and O–H groups in total. The van der Waals surface area contributed by atoms with Crippen LogP contribution in [-0.4, -0.2) is 48.2 Å². The summed E-state index contributed by atoms with van der Waals surface area (Å²) in [4.78, 5) is 18.3. The fourth-order valence-corrected chi connectivity index (χ4v) is 5.13.